The van der Waals surface area contributed by atoms with Crippen molar-refractivity contribution in [1.82, 2.24) is 10.2 Å². The zero-order chi connectivity index (χ0) is 20.5. The molecule has 146 valence electrons. The predicted octanol–water partition coefficient (Wildman–Crippen LogP) is 3.67. The Morgan fingerprint density at radius 2 is 1.62 bits per heavy atom. The zero-order valence-electron chi connectivity index (χ0n) is 14.6. The summed E-state index contributed by atoms with van der Waals surface area (Å²) in [6.07, 6.45) is -2.94. The molecule has 0 aliphatic carbocycles. The Bertz CT molecular complexity index is 1230. The van der Waals surface area contributed by atoms with E-state index in [2.05, 4.69) is 15.5 Å². The maximum Gasteiger partial charge on any atom is 0.314 e. The average molecular weight is 399 g/mol. The minimum absolute atomic E-state index is 0.173. The molecule has 6 nitrogen and oxygen atoms in total. The summed E-state index contributed by atoms with van der Waals surface area (Å²) in [5.74, 6) is -2.48. The molecule has 0 spiro atoms. The van der Waals surface area contributed by atoms with Crippen LogP contribution in [0.25, 0.3) is 0 Å². The average Bonchev–Trinajstić information content (AvgIpc) is 3.20. The number of anilines is 2. The van der Waals surface area contributed by atoms with Gasteiger partial charge in [0.25, 0.3) is 5.89 Å². The fraction of sp³-hybridized carbons (Fsp3) is 0.100. The van der Waals surface area contributed by atoms with Crippen LogP contribution in [0.5, 0.6) is 0 Å². The van der Waals surface area contributed by atoms with E-state index in [0.29, 0.717) is 11.3 Å². The lowest BCUT2D eigenvalue weighted by Gasteiger charge is -2.16. The van der Waals surface area contributed by atoms with Gasteiger partial charge in [-0.3, -0.25) is 9.59 Å². The molecule has 0 fully saturated rings. The van der Waals surface area contributed by atoms with E-state index in [-0.39, 0.29) is 17.1 Å². The Balaban J connectivity index is 1.71. The zero-order valence-corrected chi connectivity index (χ0v) is 14.6. The van der Waals surface area contributed by atoms with Crippen LogP contribution < -0.4 is 16.2 Å². The molecule has 29 heavy (non-hydrogen) atoms. The summed E-state index contributed by atoms with van der Waals surface area (Å²) < 4.78 is 45.2. The molecule has 1 N–H and O–H groups in total. The highest BCUT2D eigenvalue weighted by Gasteiger charge is 2.27. The molecule has 0 saturated carbocycles. The lowest BCUT2D eigenvalue weighted by Crippen LogP contribution is -2.31. The van der Waals surface area contributed by atoms with Crippen molar-refractivity contribution in [1.29, 1.82) is 0 Å². The third kappa shape index (κ3) is 3.54. The van der Waals surface area contributed by atoms with Crippen molar-refractivity contribution < 1.29 is 17.6 Å². The van der Waals surface area contributed by atoms with Gasteiger partial charge in [0.15, 0.2) is 0 Å². The van der Waals surface area contributed by atoms with Gasteiger partial charge < -0.3 is 9.73 Å². The second-order valence-electron chi connectivity index (χ2n) is 6.23. The number of halogens is 3. The first-order valence-corrected chi connectivity index (χ1v) is 8.47. The molecule has 0 aliphatic heterocycles. The summed E-state index contributed by atoms with van der Waals surface area (Å²) in [7, 11) is 0. The van der Waals surface area contributed by atoms with Gasteiger partial charge >= 0.3 is 6.43 Å². The van der Waals surface area contributed by atoms with E-state index < -0.39 is 34.9 Å². The van der Waals surface area contributed by atoms with E-state index in [1.807, 2.05) is 0 Å². The predicted molar refractivity (Wildman–Crippen MR) is 97.7 cm³/mol. The molecule has 1 atom stereocenters. The van der Waals surface area contributed by atoms with Crippen molar-refractivity contribution >= 4 is 11.4 Å². The first-order chi connectivity index (χ1) is 13.9. The number of nitrogens with zero attached hydrogens (tertiary/aromatic N) is 2. The third-order valence-electron chi connectivity index (χ3n) is 4.37. The largest absolute Gasteiger partial charge is 0.419 e. The number of rotatable bonds is 6. The van der Waals surface area contributed by atoms with E-state index >= 15 is 0 Å². The highest BCUT2D eigenvalue weighted by molar-refractivity contribution is 5.62. The summed E-state index contributed by atoms with van der Waals surface area (Å²) in [5, 5.41) is 9.80. The maximum absolute atomic E-state index is 14.4. The molecule has 9 heteroatoms. The van der Waals surface area contributed by atoms with Gasteiger partial charge in [-0.05, 0) is 23.8 Å². The van der Waals surface area contributed by atoms with E-state index in [0.717, 1.165) is 0 Å². The molecule has 4 rings (SSSR count). The van der Waals surface area contributed by atoms with Gasteiger partial charge in [0.1, 0.15) is 5.82 Å². The quantitative estimate of drug-likeness (QED) is 0.498. The van der Waals surface area contributed by atoms with Crippen LogP contribution in [-0.2, 0) is 0 Å². The third-order valence-corrected chi connectivity index (χ3v) is 4.37. The second-order valence-corrected chi connectivity index (χ2v) is 6.23. The molecule has 1 heterocycles. The number of nitrogens with one attached hydrogen (secondary N) is 1. The monoisotopic (exact) mass is 399 g/mol. The first kappa shape index (κ1) is 18.6. The van der Waals surface area contributed by atoms with Gasteiger partial charge in [-0.2, -0.15) is 8.78 Å². The van der Waals surface area contributed by atoms with Gasteiger partial charge in [0.05, 0.1) is 11.6 Å². The molecule has 1 unspecified atom stereocenters. The minimum Gasteiger partial charge on any atom is -0.419 e. The fourth-order valence-electron chi connectivity index (χ4n) is 2.94. The molecular weight excluding hydrogens is 387 g/mol. The topological polar surface area (TPSA) is 85.1 Å². The van der Waals surface area contributed by atoms with Crippen LogP contribution in [0.4, 0.5) is 24.5 Å². The van der Waals surface area contributed by atoms with Gasteiger partial charge in [0, 0.05) is 17.3 Å². The van der Waals surface area contributed by atoms with Crippen molar-refractivity contribution in [3.63, 3.8) is 0 Å². The molecule has 3 aromatic carbocycles. The second kappa shape index (κ2) is 7.34. The standard InChI is InChI=1S/C20H12F3N3O3/c21-13-4-2-1-3-12(13)16(19-25-26-20(29-19)18(22)23)10-5-7-11(8-6-10)24-14-9-15(27)17(14)28/h1-9,16,18,24H. The van der Waals surface area contributed by atoms with Gasteiger partial charge in [-0.1, -0.05) is 30.3 Å². The Hall–Kier alpha value is -3.75. The number of alkyl halides is 2. The molecule has 0 bridgehead atoms. The number of hydrogen-bond acceptors (Lipinski definition) is 6. The summed E-state index contributed by atoms with van der Waals surface area (Å²) in [5.41, 5.74) is 0.202. The summed E-state index contributed by atoms with van der Waals surface area (Å²) in [4.78, 5) is 22.4. The molecular formula is C20H12F3N3O3. The lowest BCUT2D eigenvalue weighted by atomic mass is 9.90. The van der Waals surface area contributed by atoms with E-state index in [1.165, 1.54) is 24.3 Å². The lowest BCUT2D eigenvalue weighted by molar-refractivity contribution is 0.113. The van der Waals surface area contributed by atoms with Crippen LogP contribution in [0.2, 0.25) is 0 Å². The Labute approximate surface area is 161 Å². The Morgan fingerprint density at radius 3 is 2.21 bits per heavy atom. The normalized spacial score (nSPS) is 12.4. The van der Waals surface area contributed by atoms with Crippen molar-refractivity contribution in [2.45, 2.75) is 12.3 Å². The van der Waals surface area contributed by atoms with Gasteiger partial charge in [-0.15, -0.1) is 10.2 Å². The molecule has 0 saturated heterocycles. The smallest absolute Gasteiger partial charge is 0.314 e. The fourth-order valence-corrected chi connectivity index (χ4v) is 2.94. The number of hydrogen-bond donors (Lipinski definition) is 1. The molecule has 0 radical (unpaired) electrons. The van der Waals surface area contributed by atoms with Crippen LogP contribution in [0, 0.1) is 5.82 Å². The summed E-state index contributed by atoms with van der Waals surface area (Å²) in [6.45, 7) is 0. The first-order valence-electron chi connectivity index (χ1n) is 8.47. The van der Waals surface area contributed by atoms with E-state index in [1.54, 1.807) is 30.3 Å². The van der Waals surface area contributed by atoms with Crippen LogP contribution >= 0.6 is 0 Å². The van der Waals surface area contributed by atoms with Crippen LogP contribution in [0.3, 0.4) is 0 Å². The van der Waals surface area contributed by atoms with Crippen molar-refractivity contribution in [3.05, 3.63) is 104 Å². The van der Waals surface area contributed by atoms with Crippen LogP contribution in [-0.4, -0.2) is 10.2 Å². The van der Waals surface area contributed by atoms with E-state index in [9.17, 15) is 22.8 Å². The highest BCUT2D eigenvalue weighted by Crippen LogP contribution is 2.34. The minimum atomic E-state index is -2.94. The van der Waals surface area contributed by atoms with Crippen molar-refractivity contribution in [2.24, 2.45) is 0 Å². The van der Waals surface area contributed by atoms with Gasteiger partial charge in [-0.25, -0.2) is 4.39 Å². The van der Waals surface area contributed by atoms with Crippen LogP contribution in [0.15, 0.2) is 68.6 Å². The molecule has 0 amide bonds. The Morgan fingerprint density at radius 1 is 0.931 bits per heavy atom. The van der Waals surface area contributed by atoms with E-state index in [4.69, 9.17) is 4.42 Å². The number of aromatic nitrogens is 2. The van der Waals surface area contributed by atoms with Crippen molar-refractivity contribution in [3.8, 4) is 0 Å². The van der Waals surface area contributed by atoms with Crippen molar-refractivity contribution in [2.75, 3.05) is 5.32 Å². The van der Waals surface area contributed by atoms with Gasteiger partial charge in [0.2, 0.25) is 16.7 Å². The molecule has 4 aromatic rings. The highest BCUT2D eigenvalue weighted by atomic mass is 19.3. The summed E-state index contributed by atoms with van der Waals surface area (Å²) in [6, 6.07) is 13.5. The SMILES string of the molecule is O=c1cc(Nc2ccc(C(c3nnc(C(F)F)o3)c3ccccc3F)cc2)c1=O. The molecule has 0 aliphatic rings. The number of benzene rings is 2. The maximum atomic E-state index is 14.4. The molecule has 1 aromatic heterocycles. The van der Waals surface area contributed by atoms with Crippen LogP contribution in [0.1, 0.15) is 35.3 Å². The summed E-state index contributed by atoms with van der Waals surface area (Å²) >= 11 is 0. The Kier molecular flexibility index (Phi) is 4.71.